The van der Waals surface area contributed by atoms with E-state index in [1.54, 1.807) is 17.8 Å². The van der Waals surface area contributed by atoms with Gasteiger partial charge in [0.15, 0.2) is 5.58 Å². The highest BCUT2D eigenvalue weighted by molar-refractivity contribution is 5.79. The molecule has 0 bridgehead atoms. The summed E-state index contributed by atoms with van der Waals surface area (Å²) in [5, 5.41) is 4.41. The van der Waals surface area contributed by atoms with Crippen LogP contribution in [0.5, 0.6) is 0 Å². The van der Waals surface area contributed by atoms with Crippen molar-refractivity contribution in [3.63, 3.8) is 0 Å². The second-order valence-corrected chi connectivity index (χ2v) is 4.46. The highest BCUT2D eigenvalue weighted by atomic mass is 16.4. The van der Waals surface area contributed by atoms with E-state index < -0.39 is 0 Å². The van der Waals surface area contributed by atoms with Crippen LogP contribution in [0.25, 0.3) is 22.4 Å². The van der Waals surface area contributed by atoms with Crippen molar-refractivity contribution in [1.82, 2.24) is 14.3 Å². The first-order valence-corrected chi connectivity index (χ1v) is 5.93. The highest BCUT2D eigenvalue weighted by Crippen LogP contribution is 2.23. The summed E-state index contributed by atoms with van der Waals surface area (Å²) in [5.41, 5.74) is 9.68. The van der Waals surface area contributed by atoms with E-state index in [2.05, 4.69) is 5.10 Å². The van der Waals surface area contributed by atoms with Crippen LogP contribution in [-0.4, -0.2) is 14.3 Å². The predicted molar refractivity (Wildman–Crippen MR) is 71.5 cm³/mol. The lowest BCUT2D eigenvalue weighted by Gasteiger charge is -1.97. The Balaban J connectivity index is 2.19. The minimum atomic E-state index is -0.365. The molecule has 0 saturated heterocycles. The lowest BCUT2D eigenvalue weighted by molar-refractivity contribution is 0.528. The molecule has 2 heterocycles. The zero-order valence-electron chi connectivity index (χ0n) is 10.8. The molecule has 0 spiro atoms. The number of hydrogen-bond acceptors (Lipinski definition) is 4. The second-order valence-electron chi connectivity index (χ2n) is 4.46. The molecule has 1 aromatic carbocycles. The maximum atomic E-state index is 11.5. The van der Waals surface area contributed by atoms with Crippen LogP contribution in [0.3, 0.4) is 0 Å². The van der Waals surface area contributed by atoms with Crippen LogP contribution in [0.15, 0.2) is 33.5 Å². The van der Waals surface area contributed by atoms with Gasteiger partial charge in [0.2, 0.25) is 0 Å². The molecule has 0 unspecified atom stereocenters. The van der Waals surface area contributed by atoms with E-state index in [1.807, 2.05) is 25.2 Å². The van der Waals surface area contributed by atoms with Gasteiger partial charge in [0, 0.05) is 26.2 Å². The van der Waals surface area contributed by atoms with E-state index >= 15 is 0 Å². The molecule has 0 aliphatic heterocycles. The van der Waals surface area contributed by atoms with Gasteiger partial charge in [0.1, 0.15) is 0 Å². The van der Waals surface area contributed by atoms with E-state index in [9.17, 15) is 4.79 Å². The normalized spacial score (nSPS) is 11.3. The van der Waals surface area contributed by atoms with E-state index in [4.69, 9.17) is 10.2 Å². The van der Waals surface area contributed by atoms with Gasteiger partial charge in [-0.2, -0.15) is 5.10 Å². The smallest absolute Gasteiger partial charge is 0.408 e. The van der Waals surface area contributed by atoms with Crippen LogP contribution in [0.1, 0.15) is 5.69 Å². The monoisotopic (exact) mass is 258 g/mol. The summed E-state index contributed by atoms with van der Waals surface area (Å²) in [6.07, 6.45) is 0. The standard InChI is InChI=1S/C13H14N4O2/c1-16-11-5-8(3-4-12(11)19-13(16)18)10-6-9(7-14)17(2)15-10/h3-6H,7,14H2,1-2H3. The van der Waals surface area contributed by atoms with Crippen molar-refractivity contribution >= 4 is 11.1 Å². The number of oxazole rings is 1. The summed E-state index contributed by atoms with van der Waals surface area (Å²) in [6.45, 7) is 0.440. The minimum Gasteiger partial charge on any atom is -0.408 e. The SMILES string of the molecule is Cn1nc(-c2ccc3oc(=O)n(C)c3c2)cc1CN. The number of rotatable bonds is 2. The molecule has 0 radical (unpaired) electrons. The van der Waals surface area contributed by atoms with Crippen molar-refractivity contribution in [2.24, 2.45) is 19.8 Å². The Morgan fingerprint density at radius 1 is 1.32 bits per heavy atom. The fourth-order valence-electron chi connectivity index (χ4n) is 2.12. The molecule has 0 saturated carbocycles. The molecule has 19 heavy (non-hydrogen) atoms. The van der Waals surface area contributed by atoms with Crippen LogP contribution in [0, 0.1) is 0 Å². The van der Waals surface area contributed by atoms with Crippen LogP contribution < -0.4 is 11.5 Å². The molecule has 98 valence electrons. The number of aryl methyl sites for hydroxylation is 2. The molecular formula is C13H14N4O2. The Kier molecular flexibility index (Phi) is 2.53. The van der Waals surface area contributed by atoms with E-state index in [0.717, 1.165) is 22.5 Å². The third kappa shape index (κ3) is 1.77. The van der Waals surface area contributed by atoms with Crippen LogP contribution in [-0.2, 0) is 20.6 Å². The summed E-state index contributed by atoms with van der Waals surface area (Å²) in [6, 6.07) is 7.50. The first-order chi connectivity index (χ1) is 9.10. The topological polar surface area (TPSA) is 79.0 Å². The van der Waals surface area contributed by atoms with Gasteiger partial charge in [0.05, 0.1) is 16.9 Å². The van der Waals surface area contributed by atoms with Crippen molar-refractivity contribution < 1.29 is 4.42 Å². The average molecular weight is 258 g/mol. The largest absolute Gasteiger partial charge is 0.419 e. The van der Waals surface area contributed by atoms with E-state index in [1.165, 1.54) is 4.57 Å². The number of aromatic nitrogens is 3. The van der Waals surface area contributed by atoms with E-state index in [0.29, 0.717) is 12.1 Å². The van der Waals surface area contributed by atoms with Crippen LogP contribution >= 0.6 is 0 Å². The fraction of sp³-hybridized carbons (Fsp3) is 0.231. The number of nitrogens with zero attached hydrogens (tertiary/aromatic N) is 3. The summed E-state index contributed by atoms with van der Waals surface area (Å²) in [4.78, 5) is 11.5. The second kappa shape index (κ2) is 4.10. The van der Waals surface area contributed by atoms with Gasteiger partial charge in [-0.15, -0.1) is 0 Å². The Morgan fingerprint density at radius 2 is 2.11 bits per heavy atom. The Bertz CT molecular complexity index is 810. The summed E-state index contributed by atoms with van der Waals surface area (Å²) in [5.74, 6) is -0.365. The van der Waals surface area contributed by atoms with Crippen molar-refractivity contribution in [3.8, 4) is 11.3 Å². The van der Waals surface area contributed by atoms with Gasteiger partial charge in [0.25, 0.3) is 0 Å². The fourth-order valence-corrected chi connectivity index (χ4v) is 2.12. The third-order valence-corrected chi connectivity index (χ3v) is 3.27. The first-order valence-electron chi connectivity index (χ1n) is 5.93. The van der Waals surface area contributed by atoms with Gasteiger partial charge < -0.3 is 10.2 Å². The number of nitrogens with two attached hydrogens (primary N) is 1. The van der Waals surface area contributed by atoms with Crippen LogP contribution in [0.2, 0.25) is 0 Å². The summed E-state index contributed by atoms with van der Waals surface area (Å²) >= 11 is 0. The zero-order chi connectivity index (χ0) is 13.6. The molecule has 0 fully saturated rings. The lowest BCUT2D eigenvalue weighted by Crippen LogP contribution is -2.08. The van der Waals surface area contributed by atoms with Gasteiger partial charge in [-0.05, 0) is 24.3 Å². The van der Waals surface area contributed by atoms with Crippen LogP contribution in [0.4, 0.5) is 0 Å². The minimum absolute atomic E-state index is 0.365. The van der Waals surface area contributed by atoms with Gasteiger partial charge in [-0.3, -0.25) is 9.25 Å². The lowest BCUT2D eigenvalue weighted by atomic mass is 10.1. The molecular weight excluding hydrogens is 244 g/mol. The molecule has 3 aromatic rings. The molecule has 2 aromatic heterocycles. The Hall–Kier alpha value is -2.34. The average Bonchev–Trinajstić information content (AvgIpc) is 2.91. The molecule has 2 N–H and O–H groups in total. The van der Waals surface area contributed by atoms with E-state index in [-0.39, 0.29) is 5.76 Å². The number of benzene rings is 1. The van der Waals surface area contributed by atoms with Gasteiger partial charge in [-0.1, -0.05) is 0 Å². The highest BCUT2D eigenvalue weighted by Gasteiger charge is 2.10. The quantitative estimate of drug-likeness (QED) is 0.743. The molecule has 0 aliphatic rings. The van der Waals surface area contributed by atoms with Crippen molar-refractivity contribution in [1.29, 1.82) is 0 Å². The molecule has 0 atom stereocenters. The van der Waals surface area contributed by atoms with Gasteiger partial charge >= 0.3 is 5.76 Å². The molecule has 0 amide bonds. The van der Waals surface area contributed by atoms with Crippen molar-refractivity contribution in [2.45, 2.75) is 6.54 Å². The molecule has 6 heteroatoms. The molecule has 3 rings (SSSR count). The Labute approximate surface area is 109 Å². The maximum absolute atomic E-state index is 11.5. The number of fused-ring (bicyclic) bond motifs is 1. The molecule has 0 aliphatic carbocycles. The molecule has 6 nitrogen and oxygen atoms in total. The maximum Gasteiger partial charge on any atom is 0.419 e. The zero-order valence-corrected chi connectivity index (χ0v) is 10.8. The van der Waals surface area contributed by atoms with Gasteiger partial charge in [-0.25, -0.2) is 4.79 Å². The predicted octanol–water partition coefficient (Wildman–Crippen LogP) is 0.991. The Morgan fingerprint density at radius 3 is 2.79 bits per heavy atom. The van der Waals surface area contributed by atoms with Crippen molar-refractivity contribution in [2.75, 3.05) is 0 Å². The summed E-state index contributed by atoms with van der Waals surface area (Å²) in [7, 11) is 3.54. The number of hydrogen-bond donors (Lipinski definition) is 1. The third-order valence-electron chi connectivity index (χ3n) is 3.27. The first kappa shape index (κ1) is 11.7. The summed E-state index contributed by atoms with van der Waals surface area (Å²) < 4.78 is 8.34. The van der Waals surface area contributed by atoms with Crippen molar-refractivity contribution in [3.05, 3.63) is 40.5 Å².